The van der Waals surface area contributed by atoms with E-state index >= 15 is 0 Å². The molecule has 0 amide bonds. The van der Waals surface area contributed by atoms with Gasteiger partial charge in [0.2, 0.25) is 0 Å². The molecular formula is C13H20O2. The summed E-state index contributed by atoms with van der Waals surface area (Å²) >= 11 is 0. The van der Waals surface area contributed by atoms with E-state index in [1.54, 1.807) is 6.08 Å². The summed E-state index contributed by atoms with van der Waals surface area (Å²) in [5, 5.41) is 8.32. The van der Waals surface area contributed by atoms with Crippen LogP contribution in [0.15, 0.2) is 36.5 Å². The van der Waals surface area contributed by atoms with Gasteiger partial charge in [-0.25, -0.2) is 4.79 Å². The summed E-state index contributed by atoms with van der Waals surface area (Å²) in [6, 6.07) is 0. The lowest BCUT2D eigenvalue weighted by atomic mass is 10.2. The molecule has 0 aliphatic carbocycles. The topological polar surface area (TPSA) is 37.3 Å². The molecule has 84 valence electrons. The van der Waals surface area contributed by atoms with Crippen molar-refractivity contribution in [3.8, 4) is 0 Å². The number of hydrogen-bond donors (Lipinski definition) is 1. The van der Waals surface area contributed by atoms with E-state index < -0.39 is 5.97 Å². The van der Waals surface area contributed by atoms with Gasteiger partial charge in [-0.1, -0.05) is 37.3 Å². The molecule has 0 rings (SSSR count). The molecule has 0 aromatic heterocycles. The zero-order valence-electron chi connectivity index (χ0n) is 9.36. The predicted octanol–water partition coefficient (Wildman–Crippen LogP) is 3.71. The van der Waals surface area contributed by atoms with Gasteiger partial charge in [0.05, 0.1) is 0 Å². The molecular weight excluding hydrogens is 188 g/mol. The molecule has 0 saturated heterocycles. The zero-order valence-corrected chi connectivity index (χ0v) is 9.36. The molecule has 0 aliphatic heterocycles. The average Bonchev–Trinajstić information content (AvgIpc) is 2.20. The number of aliphatic carboxylic acids is 1. The van der Waals surface area contributed by atoms with Crippen LogP contribution >= 0.6 is 0 Å². The molecule has 0 spiro atoms. The van der Waals surface area contributed by atoms with Crippen molar-refractivity contribution >= 4 is 5.97 Å². The molecule has 0 bridgehead atoms. The highest BCUT2D eigenvalue weighted by molar-refractivity contribution is 5.79. The Kier molecular flexibility index (Phi) is 9.83. The number of unbranched alkanes of at least 4 members (excludes halogenated alkanes) is 2. The fraction of sp³-hybridized carbons (Fsp3) is 0.462. The smallest absolute Gasteiger partial charge is 0.327 e. The van der Waals surface area contributed by atoms with Crippen LogP contribution in [0.1, 0.15) is 39.0 Å². The second-order valence-electron chi connectivity index (χ2n) is 3.25. The third kappa shape index (κ3) is 12.7. The standard InChI is InChI=1S/C13H20O2/c1-2-3-4-5-6-7-8-9-10-11-12-13(14)15/h3-4,7-8,11-12H,2,5-6,9-10H2,1H3,(H,14,15). The summed E-state index contributed by atoms with van der Waals surface area (Å²) in [7, 11) is 0. The Morgan fingerprint density at radius 2 is 1.40 bits per heavy atom. The normalized spacial score (nSPS) is 12.1. The van der Waals surface area contributed by atoms with Crippen molar-refractivity contribution in [1.82, 2.24) is 0 Å². The number of allylic oxidation sites excluding steroid dienone is 5. The van der Waals surface area contributed by atoms with Gasteiger partial charge in [-0.15, -0.1) is 0 Å². The second-order valence-corrected chi connectivity index (χ2v) is 3.25. The SMILES string of the molecule is CCC=CCCC=CCCC=CC(=O)O. The number of carboxylic acid groups (broad SMARTS) is 1. The highest BCUT2D eigenvalue weighted by Crippen LogP contribution is 1.98. The molecule has 0 fully saturated rings. The summed E-state index contributed by atoms with van der Waals surface area (Å²) in [6.07, 6.45) is 16.5. The highest BCUT2D eigenvalue weighted by atomic mass is 16.4. The van der Waals surface area contributed by atoms with Gasteiger partial charge in [0.25, 0.3) is 0 Å². The fourth-order valence-corrected chi connectivity index (χ4v) is 1.09. The Bertz CT molecular complexity index is 237. The van der Waals surface area contributed by atoms with E-state index in [1.165, 1.54) is 6.08 Å². The average molecular weight is 208 g/mol. The lowest BCUT2D eigenvalue weighted by Crippen LogP contribution is -1.85. The van der Waals surface area contributed by atoms with E-state index in [4.69, 9.17) is 5.11 Å². The summed E-state index contributed by atoms with van der Waals surface area (Å²) in [5.74, 6) is -0.872. The van der Waals surface area contributed by atoms with Crippen molar-refractivity contribution in [1.29, 1.82) is 0 Å². The van der Waals surface area contributed by atoms with Crippen molar-refractivity contribution in [2.24, 2.45) is 0 Å². The van der Waals surface area contributed by atoms with Crippen molar-refractivity contribution in [2.75, 3.05) is 0 Å². The molecule has 0 aromatic rings. The molecule has 0 atom stereocenters. The van der Waals surface area contributed by atoms with Gasteiger partial charge in [0.1, 0.15) is 0 Å². The van der Waals surface area contributed by atoms with Crippen LogP contribution in [0.2, 0.25) is 0 Å². The first-order valence-corrected chi connectivity index (χ1v) is 5.46. The molecule has 0 saturated carbocycles. The lowest BCUT2D eigenvalue weighted by molar-refractivity contribution is -0.131. The van der Waals surface area contributed by atoms with Crippen LogP contribution in [0, 0.1) is 0 Å². The maximum atomic E-state index is 10.1. The maximum absolute atomic E-state index is 10.1. The van der Waals surface area contributed by atoms with Gasteiger partial charge in [-0.05, 0) is 32.1 Å². The lowest BCUT2D eigenvalue weighted by Gasteiger charge is -1.88. The molecule has 15 heavy (non-hydrogen) atoms. The Morgan fingerprint density at radius 3 is 1.87 bits per heavy atom. The summed E-state index contributed by atoms with van der Waals surface area (Å²) in [4.78, 5) is 10.1. The van der Waals surface area contributed by atoms with Crippen LogP contribution in [-0.2, 0) is 4.79 Å². The van der Waals surface area contributed by atoms with Crippen molar-refractivity contribution in [3.63, 3.8) is 0 Å². The van der Waals surface area contributed by atoms with Crippen LogP contribution in [0.25, 0.3) is 0 Å². The van der Waals surface area contributed by atoms with Crippen LogP contribution < -0.4 is 0 Å². The largest absolute Gasteiger partial charge is 0.478 e. The minimum absolute atomic E-state index is 0.799. The molecule has 0 aliphatic rings. The number of carboxylic acids is 1. The minimum atomic E-state index is -0.872. The number of rotatable bonds is 8. The summed E-state index contributed by atoms with van der Waals surface area (Å²) in [6.45, 7) is 2.13. The number of hydrogen-bond acceptors (Lipinski definition) is 1. The minimum Gasteiger partial charge on any atom is -0.478 e. The van der Waals surface area contributed by atoms with Gasteiger partial charge >= 0.3 is 5.97 Å². The molecule has 2 nitrogen and oxygen atoms in total. The van der Waals surface area contributed by atoms with Gasteiger partial charge in [-0.3, -0.25) is 0 Å². The zero-order chi connectivity index (χ0) is 11.4. The van der Waals surface area contributed by atoms with E-state index in [0.717, 1.165) is 32.1 Å². The van der Waals surface area contributed by atoms with E-state index in [1.807, 2.05) is 0 Å². The first-order valence-electron chi connectivity index (χ1n) is 5.46. The Balaban J connectivity index is 3.32. The Hall–Kier alpha value is -1.31. The molecule has 0 unspecified atom stereocenters. The van der Waals surface area contributed by atoms with Crippen molar-refractivity contribution < 1.29 is 9.90 Å². The van der Waals surface area contributed by atoms with E-state index in [2.05, 4.69) is 31.2 Å². The van der Waals surface area contributed by atoms with Gasteiger partial charge < -0.3 is 5.11 Å². The number of carbonyl (C=O) groups is 1. The molecule has 0 aromatic carbocycles. The van der Waals surface area contributed by atoms with Crippen molar-refractivity contribution in [3.05, 3.63) is 36.5 Å². The van der Waals surface area contributed by atoms with Crippen LogP contribution in [-0.4, -0.2) is 11.1 Å². The van der Waals surface area contributed by atoms with Gasteiger partial charge in [0.15, 0.2) is 0 Å². The quantitative estimate of drug-likeness (QED) is 0.375. The van der Waals surface area contributed by atoms with Gasteiger partial charge in [-0.2, -0.15) is 0 Å². The van der Waals surface area contributed by atoms with E-state index in [9.17, 15) is 4.79 Å². The molecule has 0 heterocycles. The third-order valence-electron chi connectivity index (χ3n) is 1.83. The van der Waals surface area contributed by atoms with Crippen LogP contribution in [0.4, 0.5) is 0 Å². The maximum Gasteiger partial charge on any atom is 0.327 e. The first-order chi connectivity index (χ1) is 7.27. The molecule has 1 N–H and O–H groups in total. The predicted molar refractivity (Wildman–Crippen MR) is 63.8 cm³/mol. The van der Waals surface area contributed by atoms with Crippen LogP contribution in [0.5, 0.6) is 0 Å². The fourth-order valence-electron chi connectivity index (χ4n) is 1.09. The first kappa shape index (κ1) is 13.7. The third-order valence-corrected chi connectivity index (χ3v) is 1.83. The van der Waals surface area contributed by atoms with Crippen LogP contribution in [0.3, 0.4) is 0 Å². The summed E-state index contributed by atoms with van der Waals surface area (Å²) in [5.41, 5.74) is 0. The highest BCUT2D eigenvalue weighted by Gasteiger charge is 1.83. The Morgan fingerprint density at radius 1 is 0.933 bits per heavy atom. The van der Waals surface area contributed by atoms with E-state index in [-0.39, 0.29) is 0 Å². The second kappa shape index (κ2) is 10.8. The molecule has 2 heteroatoms. The van der Waals surface area contributed by atoms with Gasteiger partial charge in [0, 0.05) is 6.08 Å². The van der Waals surface area contributed by atoms with Crippen molar-refractivity contribution in [2.45, 2.75) is 39.0 Å². The monoisotopic (exact) mass is 208 g/mol. The summed E-state index contributed by atoms with van der Waals surface area (Å²) < 4.78 is 0. The molecule has 0 radical (unpaired) electrons. The van der Waals surface area contributed by atoms with E-state index in [0.29, 0.717) is 0 Å². The Labute approximate surface area is 92.0 Å².